The highest BCUT2D eigenvalue weighted by Gasteiger charge is 2.41. The van der Waals surface area contributed by atoms with E-state index < -0.39 is 9.84 Å². The first-order valence-corrected chi connectivity index (χ1v) is 9.49. The summed E-state index contributed by atoms with van der Waals surface area (Å²) in [5.74, 6) is 0.0318. The van der Waals surface area contributed by atoms with Crippen LogP contribution in [-0.2, 0) is 9.84 Å². The third-order valence-corrected chi connectivity index (χ3v) is 5.96. The summed E-state index contributed by atoms with van der Waals surface area (Å²) in [6.07, 6.45) is 0. The van der Waals surface area contributed by atoms with Gasteiger partial charge in [0.15, 0.2) is 15.6 Å². The van der Waals surface area contributed by atoms with E-state index in [1.165, 1.54) is 0 Å². The molecule has 1 unspecified atom stereocenters. The van der Waals surface area contributed by atoms with Crippen molar-refractivity contribution >= 4 is 26.7 Å². The standard InChI is InChI=1S/C17H21NO4S/c1-17(2,3)15-11-23(20,21)9-8-18(15)16(19)14-10-12-6-4-5-7-13(12)22-14/h4-7,10,15H,8-9,11H2,1-3H3. The van der Waals surface area contributed by atoms with Gasteiger partial charge in [-0.3, -0.25) is 4.79 Å². The van der Waals surface area contributed by atoms with Gasteiger partial charge in [0.25, 0.3) is 5.91 Å². The van der Waals surface area contributed by atoms with E-state index in [2.05, 4.69) is 0 Å². The number of nitrogens with zero attached hydrogens (tertiary/aromatic N) is 1. The van der Waals surface area contributed by atoms with Crippen LogP contribution >= 0.6 is 0 Å². The fourth-order valence-electron chi connectivity index (χ4n) is 3.00. The lowest BCUT2D eigenvalue weighted by atomic mass is 9.86. The zero-order valence-electron chi connectivity index (χ0n) is 13.6. The highest BCUT2D eigenvalue weighted by Crippen LogP contribution is 2.31. The lowest BCUT2D eigenvalue weighted by molar-refractivity contribution is 0.0533. The van der Waals surface area contributed by atoms with Crippen molar-refractivity contribution < 1.29 is 17.6 Å². The van der Waals surface area contributed by atoms with Gasteiger partial charge in [-0.05, 0) is 17.5 Å². The number of hydrogen-bond acceptors (Lipinski definition) is 4. The summed E-state index contributed by atoms with van der Waals surface area (Å²) in [7, 11) is -3.11. The molecule has 0 N–H and O–H groups in total. The maximum absolute atomic E-state index is 12.9. The van der Waals surface area contributed by atoms with E-state index in [1.54, 1.807) is 11.0 Å². The van der Waals surface area contributed by atoms with Crippen LogP contribution in [0.15, 0.2) is 34.7 Å². The Morgan fingerprint density at radius 3 is 2.61 bits per heavy atom. The largest absolute Gasteiger partial charge is 0.451 e. The highest BCUT2D eigenvalue weighted by atomic mass is 32.2. The Balaban J connectivity index is 1.96. The number of carbonyl (C=O) groups is 1. The second kappa shape index (κ2) is 5.37. The molecule has 1 saturated heterocycles. The van der Waals surface area contributed by atoms with Gasteiger partial charge < -0.3 is 9.32 Å². The zero-order valence-corrected chi connectivity index (χ0v) is 14.4. The van der Waals surface area contributed by atoms with Gasteiger partial charge in [0.2, 0.25) is 0 Å². The lowest BCUT2D eigenvalue weighted by Gasteiger charge is -2.42. The number of para-hydroxylation sites is 1. The Morgan fingerprint density at radius 1 is 1.26 bits per heavy atom. The van der Waals surface area contributed by atoms with Crippen LogP contribution in [0.4, 0.5) is 0 Å². The Bertz CT molecular complexity index is 812. The van der Waals surface area contributed by atoms with E-state index in [0.29, 0.717) is 5.58 Å². The molecular weight excluding hydrogens is 314 g/mol. The minimum Gasteiger partial charge on any atom is -0.451 e. The molecule has 1 amide bonds. The van der Waals surface area contributed by atoms with Crippen molar-refractivity contribution in [3.63, 3.8) is 0 Å². The Hall–Kier alpha value is -1.82. The number of benzene rings is 1. The van der Waals surface area contributed by atoms with E-state index in [9.17, 15) is 13.2 Å². The van der Waals surface area contributed by atoms with Crippen molar-refractivity contribution in [3.8, 4) is 0 Å². The molecule has 0 bridgehead atoms. The normalized spacial score (nSPS) is 21.5. The fraction of sp³-hybridized carbons (Fsp3) is 0.471. The first kappa shape index (κ1) is 16.1. The van der Waals surface area contributed by atoms with Crippen molar-refractivity contribution in [2.75, 3.05) is 18.1 Å². The molecule has 0 aliphatic carbocycles. The number of amides is 1. The number of fused-ring (bicyclic) bond motifs is 1. The van der Waals surface area contributed by atoms with Crippen molar-refractivity contribution in [3.05, 3.63) is 36.1 Å². The topological polar surface area (TPSA) is 67.6 Å². The van der Waals surface area contributed by atoms with Crippen molar-refractivity contribution in [1.82, 2.24) is 4.90 Å². The van der Waals surface area contributed by atoms with E-state index in [-0.39, 0.29) is 41.2 Å². The molecular formula is C17H21NO4S. The maximum atomic E-state index is 12.9. The van der Waals surface area contributed by atoms with Crippen molar-refractivity contribution in [2.45, 2.75) is 26.8 Å². The molecule has 6 heteroatoms. The number of hydrogen-bond donors (Lipinski definition) is 0. The SMILES string of the molecule is CC(C)(C)C1CS(=O)(=O)CCN1C(=O)c1cc2ccccc2o1. The Kier molecular flexibility index (Phi) is 3.75. The van der Waals surface area contributed by atoms with Gasteiger partial charge >= 0.3 is 0 Å². The summed E-state index contributed by atoms with van der Waals surface area (Å²) in [5, 5.41) is 0.868. The molecule has 3 rings (SSSR count). The predicted molar refractivity (Wildman–Crippen MR) is 89.1 cm³/mol. The van der Waals surface area contributed by atoms with Gasteiger partial charge in [-0.2, -0.15) is 0 Å². The van der Waals surface area contributed by atoms with Crippen LogP contribution in [0.25, 0.3) is 11.0 Å². The van der Waals surface area contributed by atoms with E-state index in [4.69, 9.17) is 4.42 Å². The number of rotatable bonds is 1. The third kappa shape index (κ3) is 3.13. The smallest absolute Gasteiger partial charge is 0.289 e. The second-order valence-electron chi connectivity index (χ2n) is 7.14. The van der Waals surface area contributed by atoms with Crippen LogP contribution in [-0.4, -0.2) is 43.3 Å². The summed E-state index contributed by atoms with van der Waals surface area (Å²) >= 11 is 0. The van der Waals surface area contributed by atoms with E-state index >= 15 is 0 Å². The Morgan fingerprint density at radius 2 is 1.96 bits per heavy atom. The summed E-state index contributed by atoms with van der Waals surface area (Å²) in [6.45, 7) is 6.08. The van der Waals surface area contributed by atoms with E-state index in [1.807, 2.05) is 45.0 Å². The van der Waals surface area contributed by atoms with Crippen LogP contribution in [0.2, 0.25) is 0 Å². The van der Waals surface area contributed by atoms with Gasteiger partial charge in [0.05, 0.1) is 17.5 Å². The van der Waals surface area contributed by atoms with Crippen LogP contribution in [0.1, 0.15) is 31.3 Å². The zero-order chi connectivity index (χ0) is 16.8. The minimum atomic E-state index is -3.11. The molecule has 2 heterocycles. The first-order valence-electron chi connectivity index (χ1n) is 7.67. The quantitative estimate of drug-likeness (QED) is 0.803. The molecule has 23 heavy (non-hydrogen) atoms. The molecule has 124 valence electrons. The number of sulfone groups is 1. The van der Waals surface area contributed by atoms with Gasteiger partial charge in [0.1, 0.15) is 5.58 Å². The van der Waals surface area contributed by atoms with Gasteiger partial charge in [-0.1, -0.05) is 39.0 Å². The van der Waals surface area contributed by atoms with E-state index in [0.717, 1.165) is 5.39 Å². The summed E-state index contributed by atoms with van der Waals surface area (Å²) in [6, 6.07) is 8.80. The van der Waals surface area contributed by atoms with Gasteiger partial charge in [0, 0.05) is 11.9 Å². The summed E-state index contributed by atoms with van der Waals surface area (Å²) < 4.78 is 29.6. The molecule has 0 spiro atoms. The maximum Gasteiger partial charge on any atom is 0.289 e. The molecule has 1 aliphatic rings. The number of furan rings is 1. The van der Waals surface area contributed by atoms with Gasteiger partial charge in [-0.25, -0.2) is 8.42 Å². The van der Waals surface area contributed by atoms with Crippen LogP contribution in [0.5, 0.6) is 0 Å². The molecule has 1 aromatic carbocycles. The monoisotopic (exact) mass is 335 g/mol. The molecule has 1 fully saturated rings. The fourth-order valence-corrected chi connectivity index (χ4v) is 4.80. The number of carbonyl (C=O) groups excluding carboxylic acids is 1. The average Bonchev–Trinajstić information content (AvgIpc) is 2.88. The molecule has 5 nitrogen and oxygen atoms in total. The van der Waals surface area contributed by atoms with Crippen molar-refractivity contribution in [2.24, 2.45) is 5.41 Å². The molecule has 1 aliphatic heterocycles. The van der Waals surface area contributed by atoms with Crippen LogP contribution < -0.4 is 0 Å². The predicted octanol–water partition coefficient (Wildman–Crippen LogP) is 2.72. The second-order valence-corrected chi connectivity index (χ2v) is 9.37. The lowest BCUT2D eigenvalue weighted by Crippen LogP contribution is -2.56. The average molecular weight is 335 g/mol. The third-order valence-electron chi connectivity index (χ3n) is 4.33. The van der Waals surface area contributed by atoms with Gasteiger partial charge in [-0.15, -0.1) is 0 Å². The summed E-state index contributed by atoms with van der Waals surface area (Å²) in [4.78, 5) is 14.5. The summed E-state index contributed by atoms with van der Waals surface area (Å²) in [5.41, 5.74) is 0.336. The van der Waals surface area contributed by atoms with Crippen LogP contribution in [0, 0.1) is 5.41 Å². The highest BCUT2D eigenvalue weighted by molar-refractivity contribution is 7.91. The van der Waals surface area contributed by atoms with Crippen LogP contribution in [0.3, 0.4) is 0 Å². The Labute approximate surface area is 136 Å². The minimum absolute atomic E-state index is 0.00245. The molecule has 0 saturated carbocycles. The molecule has 1 atom stereocenters. The molecule has 2 aromatic rings. The first-order chi connectivity index (χ1) is 10.7. The van der Waals surface area contributed by atoms with Crippen molar-refractivity contribution in [1.29, 1.82) is 0 Å². The molecule has 0 radical (unpaired) electrons. The molecule has 1 aromatic heterocycles.